The van der Waals surface area contributed by atoms with Crippen molar-refractivity contribution in [3.63, 3.8) is 0 Å². The van der Waals surface area contributed by atoms with E-state index in [0.717, 1.165) is 36.2 Å². The third-order valence-electron chi connectivity index (χ3n) is 9.40. The van der Waals surface area contributed by atoms with Crippen molar-refractivity contribution in [2.24, 2.45) is 17.8 Å². The van der Waals surface area contributed by atoms with E-state index in [0.29, 0.717) is 22.6 Å². The minimum Gasteiger partial charge on any atom is -0.494 e. The summed E-state index contributed by atoms with van der Waals surface area (Å²) >= 11 is 2.31. The Balaban J connectivity index is 1.18. The van der Waals surface area contributed by atoms with Gasteiger partial charge in [-0.2, -0.15) is 4.39 Å². The molecule has 40 heavy (non-hydrogen) atoms. The number of methoxy groups -OCH3 is 1. The van der Waals surface area contributed by atoms with Crippen LogP contribution in [0.15, 0.2) is 64.8 Å². The molecule has 3 aromatic rings. The summed E-state index contributed by atoms with van der Waals surface area (Å²) in [5.41, 5.74) is 3.01. The summed E-state index contributed by atoms with van der Waals surface area (Å²) in [6.45, 7) is 0. The molecule has 212 valence electrons. The molecule has 0 bridgehead atoms. The number of rotatable bonds is 8. The van der Waals surface area contributed by atoms with Crippen LogP contribution in [0.1, 0.15) is 75.7 Å². The number of benzene rings is 3. The number of hydrogen-bond acceptors (Lipinski definition) is 1. The van der Waals surface area contributed by atoms with Gasteiger partial charge >= 0.3 is 0 Å². The summed E-state index contributed by atoms with van der Waals surface area (Å²) in [5.74, 6) is 0.709. The lowest BCUT2D eigenvalue weighted by molar-refractivity contribution is 0.157. The molecular weight excluding hydrogens is 620 g/mol. The van der Waals surface area contributed by atoms with Crippen LogP contribution in [-0.4, -0.2) is 7.11 Å². The quantitative estimate of drug-likeness (QED) is 0.219. The van der Waals surface area contributed by atoms with Crippen LogP contribution in [0.3, 0.4) is 0 Å². The molecule has 0 saturated heterocycles. The topological polar surface area (TPSA) is 9.23 Å². The standard InChI is InChI=1S/C35H38F3IO/c1-40-33-20-19-31(34(37)35(33)38)28-15-13-27(14-16-28)30-18-17-29(22-32(30)36)26-11-9-25(10-12-26)24-7-5-23(6-8-24)4-2-3-21-39/h3,13-26H,2,4-12H2,1H3/b21-3+. The van der Waals surface area contributed by atoms with Crippen molar-refractivity contribution < 1.29 is 17.9 Å². The van der Waals surface area contributed by atoms with E-state index < -0.39 is 11.6 Å². The molecule has 2 aliphatic rings. The first-order chi connectivity index (χ1) is 19.5. The first-order valence-corrected chi connectivity index (χ1v) is 15.9. The van der Waals surface area contributed by atoms with Crippen molar-refractivity contribution in [2.45, 2.75) is 70.1 Å². The molecular formula is C35H38F3IO. The predicted octanol–water partition coefficient (Wildman–Crippen LogP) is 11.3. The molecule has 5 heteroatoms. The molecule has 0 N–H and O–H groups in total. The Kier molecular flexibility index (Phi) is 9.93. The van der Waals surface area contributed by atoms with Gasteiger partial charge in [-0.1, -0.05) is 77.9 Å². The van der Waals surface area contributed by atoms with E-state index in [1.165, 1.54) is 70.6 Å². The van der Waals surface area contributed by atoms with Gasteiger partial charge in [0.2, 0.25) is 5.82 Å². The predicted molar refractivity (Wildman–Crippen MR) is 166 cm³/mol. The van der Waals surface area contributed by atoms with E-state index in [-0.39, 0.29) is 17.1 Å². The molecule has 0 aromatic heterocycles. The second kappa shape index (κ2) is 13.6. The minimum atomic E-state index is -1.01. The SMILES string of the molecule is COc1ccc(-c2ccc(-c3ccc(C4CCC(C5CCC(CC/C=C/I)CC5)CC4)cc3F)cc2)c(F)c1F. The maximum absolute atomic E-state index is 15.3. The van der Waals surface area contributed by atoms with Crippen LogP contribution < -0.4 is 4.74 Å². The lowest BCUT2D eigenvalue weighted by Gasteiger charge is -2.38. The van der Waals surface area contributed by atoms with Gasteiger partial charge in [0.15, 0.2) is 11.6 Å². The molecule has 0 heterocycles. The van der Waals surface area contributed by atoms with E-state index in [1.807, 2.05) is 6.07 Å². The summed E-state index contributed by atoms with van der Waals surface area (Å²) in [7, 11) is 1.30. The maximum atomic E-state index is 15.3. The van der Waals surface area contributed by atoms with Crippen LogP contribution in [0.5, 0.6) is 5.75 Å². The highest BCUT2D eigenvalue weighted by Crippen LogP contribution is 2.45. The minimum absolute atomic E-state index is 0.133. The molecule has 5 rings (SSSR count). The Labute approximate surface area is 250 Å². The number of ether oxygens (including phenoxy) is 1. The van der Waals surface area contributed by atoms with Gasteiger partial charge in [0.1, 0.15) is 5.82 Å². The second-order valence-electron chi connectivity index (χ2n) is 11.6. The highest BCUT2D eigenvalue weighted by atomic mass is 127. The van der Waals surface area contributed by atoms with E-state index in [9.17, 15) is 8.78 Å². The Morgan fingerprint density at radius 3 is 1.95 bits per heavy atom. The van der Waals surface area contributed by atoms with Crippen LogP contribution in [0.4, 0.5) is 13.2 Å². The van der Waals surface area contributed by atoms with Gasteiger partial charge in [-0.05, 0) is 114 Å². The first-order valence-electron chi connectivity index (χ1n) is 14.7. The van der Waals surface area contributed by atoms with Crippen LogP contribution in [-0.2, 0) is 0 Å². The molecule has 2 aliphatic carbocycles. The van der Waals surface area contributed by atoms with Crippen LogP contribution in [0.25, 0.3) is 22.3 Å². The van der Waals surface area contributed by atoms with Crippen molar-refractivity contribution in [3.8, 4) is 28.0 Å². The third-order valence-corrected chi connectivity index (χ3v) is 9.91. The summed E-state index contributed by atoms with van der Waals surface area (Å²) in [5, 5.41) is 0. The Morgan fingerprint density at radius 2 is 1.35 bits per heavy atom. The van der Waals surface area contributed by atoms with E-state index in [4.69, 9.17) is 4.74 Å². The second-order valence-corrected chi connectivity index (χ2v) is 12.3. The maximum Gasteiger partial charge on any atom is 0.201 e. The molecule has 1 nitrogen and oxygen atoms in total. The zero-order valence-corrected chi connectivity index (χ0v) is 25.3. The number of allylic oxidation sites excluding steroid dienone is 1. The van der Waals surface area contributed by atoms with Gasteiger partial charge in [0.05, 0.1) is 7.11 Å². The molecule has 0 radical (unpaired) electrons. The third kappa shape index (κ3) is 6.61. The van der Waals surface area contributed by atoms with Gasteiger partial charge in [0, 0.05) is 11.1 Å². The van der Waals surface area contributed by atoms with Crippen molar-refractivity contribution >= 4 is 22.6 Å². The summed E-state index contributed by atoms with van der Waals surface area (Å²) in [6.07, 6.45) is 15.2. The zero-order chi connectivity index (χ0) is 28.1. The Bertz CT molecular complexity index is 1300. The van der Waals surface area contributed by atoms with Crippen molar-refractivity contribution in [1.82, 2.24) is 0 Å². The van der Waals surface area contributed by atoms with Crippen molar-refractivity contribution in [3.05, 3.63) is 87.8 Å². The lowest BCUT2D eigenvalue weighted by Crippen LogP contribution is -2.25. The Hall–Kier alpha value is -2.28. The summed E-state index contributed by atoms with van der Waals surface area (Å²) < 4.78 is 51.0. The normalized spacial score (nSPS) is 23.4. The molecule has 3 aromatic carbocycles. The summed E-state index contributed by atoms with van der Waals surface area (Å²) in [6, 6.07) is 15.5. The average molecular weight is 659 g/mol. The highest BCUT2D eigenvalue weighted by Gasteiger charge is 2.31. The molecule has 2 saturated carbocycles. The molecule has 0 atom stereocenters. The van der Waals surface area contributed by atoms with Gasteiger partial charge in [-0.25, -0.2) is 8.78 Å². The highest BCUT2D eigenvalue weighted by molar-refractivity contribution is 14.1. The largest absolute Gasteiger partial charge is 0.494 e. The molecule has 0 spiro atoms. The fourth-order valence-corrected chi connectivity index (χ4v) is 7.39. The molecule has 0 aliphatic heterocycles. The fraction of sp³-hybridized carbons (Fsp3) is 0.429. The van der Waals surface area contributed by atoms with E-state index in [1.54, 1.807) is 30.3 Å². The molecule has 0 amide bonds. The van der Waals surface area contributed by atoms with Crippen molar-refractivity contribution in [2.75, 3.05) is 7.11 Å². The monoisotopic (exact) mass is 658 g/mol. The first kappa shape index (κ1) is 29.2. The van der Waals surface area contributed by atoms with E-state index >= 15 is 4.39 Å². The van der Waals surface area contributed by atoms with Gasteiger partial charge in [0.25, 0.3) is 0 Å². The molecule has 2 fully saturated rings. The molecule has 0 unspecified atom stereocenters. The van der Waals surface area contributed by atoms with E-state index in [2.05, 4.69) is 38.8 Å². The Morgan fingerprint density at radius 1 is 0.750 bits per heavy atom. The van der Waals surface area contributed by atoms with Crippen LogP contribution in [0, 0.1) is 35.2 Å². The average Bonchev–Trinajstić information content (AvgIpc) is 2.99. The van der Waals surface area contributed by atoms with Crippen LogP contribution in [0.2, 0.25) is 0 Å². The number of hydrogen-bond donors (Lipinski definition) is 0. The van der Waals surface area contributed by atoms with Gasteiger partial charge in [-0.3, -0.25) is 0 Å². The van der Waals surface area contributed by atoms with Crippen molar-refractivity contribution in [1.29, 1.82) is 0 Å². The number of halogens is 4. The van der Waals surface area contributed by atoms with Gasteiger partial charge < -0.3 is 4.74 Å². The van der Waals surface area contributed by atoms with Crippen LogP contribution >= 0.6 is 22.6 Å². The van der Waals surface area contributed by atoms with Gasteiger partial charge in [-0.15, -0.1) is 0 Å². The lowest BCUT2D eigenvalue weighted by atomic mass is 9.68. The summed E-state index contributed by atoms with van der Waals surface area (Å²) in [4.78, 5) is 0. The smallest absolute Gasteiger partial charge is 0.201 e. The fourth-order valence-electron chi connectivity index (χ4n) is 7.03. The zero-order valence-electron chi connectivity index (χ0n) is 23.2.